The van der Waals surface area contributed by atoms with E-state index < -0.39 is 5.82 Å². The molecule has 1 aromatic carbocycles. The number of phenols is 1. The summed E-state index contributed by atoms with van der Waals surface area (Å²) >= 11 is 0. The molecule has 0 aliphatic heterocycles. The van der Waals surface area contributed by atoms with Crippen LogP contribution in [0.2, 0.25) is 0 Å². The van der Waals surface area contributed by atoms with E-state index in [2.05, 4.69) is 15.3 Å². The van der Waals surface area contributed by atoms with Gasteiger partial charge in [0.15, 0.2) is 17.5 Å². The second kappa shape index (κ2) is 5.00. The first kappa shape index (κ1) is 12.3. The van der Waals surface area contributed by atoms with Crippen LogP contribution in [0, 0.1) is 12.7 Å². The number of halogens is 1. The number of rotatable bonds is 3. The zero-order valence-corrected chi connectivity index (χ0v) is 10.2. The summed E-state index contributed by atoms with van der Waals surface area (Å²) in [6, 6.07) is 6.56. The van der Waals surface area contributed by atoms with Crippen LogP contribution in [0.1, 0.15) is 12.6 Å². The zero-order chi connectivity index (χ0) is 13.1. The first-order valence-electron chi connectivity index (χ1n) is 5.69. The molecule has 0 amide bonds. The Balaban J connectivity index is 2.51. The highest BCUT2D eigenvalue weighted by Gasteiger charge is 2.12. The standard InChI is InChI=1S/C13H14FN3O/c1-3-15-13-11(14)8(2)16-12(17-13)9-5-4-6-10(18)7-9/h4-7,18H,3H2,1-2H3,(H,15,16,17). The summed E-state index contributed by atoms with van der Waals surface area (Å²) in [5.41, 5.74) is 0.927. The van der Waals surface area contributed by atoms with Crippen molar-refractivity contribution in [1.29, 1.82) is 0 Å². The average molecular weight is 247 g/mol. The van der Waals surface area contributed by atoms with E-state index in [4.69, 9.17) is 0 Å². The summed E-state index contributed by atoms with van der Waals surface area (Å²) in [5, 5.41) is 12.3. The van der Waals surface area contributed by atoms with Gasteiger partial charge in [-0.05, 0) is 26.0 Å². The van der Waals surface area contributed by atoms with Gasteiger partial charge in [0.2, 0.25) is 0 Å². The second-order valence-electron chi connectivity index (χ2n) is 3.88. The minimum atomic E-state index is -0.444. The molecule has 0 bridgehead atoms. The van der Waals surface area contributed by atoms with Crippen molar-refractivity contribution >= 4 is 5.82 Å². The van der Waals surface area contributed by atoms with Crippen molar-refractivity contribution in [3.05, 3.63) is 35.8 Å². The average Bonchev–Trinajstić information content (AvgIpc) is 2.35. The van der Waals surface area contributed by atoms with E-state index in [0.717, 1.165) is 0 Å². The van der Waals surface area contributed by atoms with Crippen molar-refractivity contribution in [1.82, 2.24) is 9.97 Å². The maximum absolute atomic E-state index is 13.7. The number of benzene rings is 1. The number of aromatic nitrogens is 2. The molecule has 2 rings (SSSR count). The lowest BCUT2D eigenvalue weighted by atomic mass is 10.2. The molecule has 0 saturated heterocycles. The lowest BCUT2D eigenvalue weighted by Crippen LogP contribution is -2.06. The second-order valence-corrected chi connectivity index (χ2v) is 3.88. The summed E-state index contributed by atoms with van der Waals surface area (Å²) in [5.74, 6) is 0.257. The fourth-order valence-electron chi connectivity index (χ4n) is 1.62. The van der Waals surface area contributed by atoms with Gasteiger partial charge in [0, 0.05) is 12.1 Å². The minimum absolute atomic E-state index is 0.128. The summed E-state index contributed by atoms with van der Waals surface area (Å²) in [6.45, 7) is 4.03. The van der Waals surface area contributed by atoms with E-state index in [0.29, 0.717) is 17.9 Å². The Morgan fingerprint density at radius 2 is 2.11 bits per heavy atom. The van der Waals surface area contributed by atoms with Crippen LogP contribution in [0.4, 0.5) is 10.2 Å². The molecule has 1 heterocycles. The minimum Gasteiger partial charge on any atom is -0.508 e. The van der Waals surface area contributed by atoms with E-state index >= 15 is 0 Å². The SMILES string of the molecule is CCNc1nc(-c2cccc(O)c2)nc(C)c1F. The highest BCUT2D eigenvalue weighted by molar-refractivity contribution is 5.59. The molecule has 0 atom stereocenters. The smallest absolute Gasteiger partial charge is 0.186 e. The molecule has 94 valence electrons. The van der Waals surface area contributed by atoms with Crippen LogP contribution in [0.3, 0.4) is 0 Å². The van der Waals surface area contributed by atoms with Gasteiger partial charge in [-0.15, -0.1) is 0 Å². The Kier molecular flexibility index (Phi) is 3.41. The van der Waals surface area contributed by atoms with E-state index in [-0.39, 0.29) is 17.3 Å². The summed E-state index contributed by atoms with van der Waals surface area (Å²) in [4.78, 5) is 8.22. The predicted octanol–water partition coefficient (Wildman–Crippen LogP) is 2.73. The summed E-state index contributed by atoms with van der Waals surface area (Å²) in [6.07, 6.45) is 0. The fraction of sp³-hybridized carbons (Fsp3) is 0.231. The van der Waals surface area contributed by atoms with Crippen molar-refractivity contribution in [2.75, 3.05) is 11.9 Å². The van der Waals surface area contributed by atoms with Crippen molar-refractivity contribution in [2.24, 2.45) is 0 Å². The topological polar surface area (TPSA) is 58.0 Å². The van der Waals surface area contributed by atoms with Crippen LogP contribution >= 0.6 is 0 Å². The zero-order valence-electron chi connectivity index (χ0n) is 10.2. The molecule has 0 spiro atoms. The van der Waals surface area contributed by atoms with E-state index in [1.54, 1.807) is 31.2 Å². The molecule has 5 heteroatoms. The third-order valence-electron chi connectivity index (χ3n) is 2.47. The van der Waals surface area contributed by atoms with Crippen molar-refractivity contribution in [2.45, 2.75) is 13.8 Å². The molecule has 0 aliphatic carbocycles. The lowest BCUT2D eigenvalue weighted by molar-refractivity contribution is 0.475. The molecule has 2 aromatic rings. The quantitative estimate of drug-likeness (QED) is 0.875. The largest absolute Gasteiger partial charge is 0.508 e. The van der Waals surface area contributed by atoms with Crippen molar-refractivity contribution < 1.29 is 9.50 Å². The summed E-state index contributed by atoms with van der Waals surface area (Å²) < 4.78 is 13.7. The van der Waals surface area contributed by atoms with Gasteiger partial charge in [-0.2, -0.15) is 0 Å². The number of hydrogen-bond acceptors (Lipinski definition) is 4. The van der Waals surface area contributed by atoms with Crippen LogP contribution in [0.5, 0.6) is 5.75 Å². The molecule has 0 fully saturated rings. The number of aromatic hydroxyl groups is 1. The van der Waals surface area contributed by atoms with Gasteiger partial charge in [-0.3, -0.25) is 0 Å². The first-order valence-corrected chi connectivity index (χ1v) is 5.69. The van der Waals surface area contributed by atoms with Gasteiger partial charge in [0.25, 0.3) is 0 Å². The van der Waals surface area contributed by atoms with Crippen LogP contribution in [0.25, 0.3) is 11.4 Å². The Hall–Kier alpha value is -2.17. The Morgan fingerprint density at radius 3 is 2.78 bits per heavy atom. The third-order valence-corrected chi connectivity index (χ3v) is 2.47. The van der Waals surface area contributed by atoms with Crippen molar-refractivity contribution in [3.63, 3.8) is 0 Å². The first-order chi connectivity index (χ1) is 8.61. The number of phenolic OH excluding ortho intramolecular Hbond substituents is 1. The maximum atomic E-state index is 13.7. The van der Waals surface area contributed by atoms with Crippen LogP contribution < -0.4 is 5.32 Å². The molecule has 0 unspecified atom stereocenters. The van der Waals surface area contributed by atoms with Gasteiger partial charge < -0.3 is 10.4 Å². The van der Waals surface area contributed by atoms with Gasteiger partial charge in [0.05, 0.1) is 5.69 Å². The number of nitrogens with zero attached hydrogens (tertiary/aromatic N) is 2. The highest BCUT2D eigenvalue weighted by atomic mass is 19.1. The molecular weight excluding hydrogens is 233 g/mol. The Labute approximate surface area is 105 Å². The van der Waals surface area contributed by atoms with Crippen LogP contribution in [-0.4, -0.2) is 21.6 Å². The monoisotopic (exact) mass is 247 g/mol. The summed E-state index contributed by atoms with van der Waals surface area (Å²) in [7, 11) is 0. The Bertz CT molecular complexity index is 572. The van der Waals surface area contributed by atoms with Gasteiger partial charge in [-0.25, -0.2) is 14.4 Å². The van der Waals surface area contributed by atoms with E-state index in [1.807, 2.05) is 6.92 Å². The maximum Gasteiger partial charge on any atom is 0.186 e. The molecule has 0 saturated carbocycles. The van der Waals surface area contributed by atoms with Gasteiger partial charge in [-0.1, -0.05) is 12.1 Å². The molecular formula is C13H14FN3O. The Morgan fingerprint density at radius 1 is 1.33 bits per heavy atom. The molecule has 2 N–H and O–H groups in total. The lowest BCUT2D eigenvalue weighted by Gasteiger charge is -2.08. The third kappa shape index (κ3) is 2.40. The number of anilines is 1. The molecule has 0 radical (unpaired) electrons. The van der Waals surface area contributed by atoms with Crippen LogP contribution in [-0.2, 0) is 0 Å². The van der Waals surface area contributed by atoms with E-state index in [9.17, 15) is 9.50 Å². The van der Waals surface area contributed by atoms with Crippen LogP contribution in [0.15, 0.2) is 24.3 Å². The fourth-order valence-corrected chi connectivity index (χ4v) is 1.62. The number of nitrogens with one attached hydrogen (secondary N) is 1. The number of aryl methyl sites for hydroxylation is 1. The van der Waals surface area contributed by atoms with E-state index in [1.165, 1.54) is 0 Å². The molecule has 0 aliphatic rings. The predicted molar refractivity (Wildman–Crippen MR) is 68.0 cm³/mol. The van der Waals surface area contributed by atoms with Gasteiger partial charge in [0.1, 0.15) is 5.75 Å². The number of hydrogen-bond donors (Lipinski definition) is 2. The highest BCUT2D eigenvalue weighted by Crippen LogP contribution is 2.23. The molecule has 1 aromatic heterocycles. The normalized spacial score (nSPS) is 10.4. The molecule has 4 nitrogen and oxygen atoms in total. The van der Waals surface area contributed by atoms with Crippen molar-refractivity contribution in [3.8, 4) is 17.1 Å². The molecule has 18 heavy (non-hydrogen) atoms. The van der Waals surface area contributed by atoms with Gasteiger partial charge >= 0.3 is 0 Å².